The van der Waals surface area contributed by atoms with E-state index in [2.05, 4.69) is 20.0 Å². The molecule has 32 heavy (non-hydrogen) atoms. The van der Waals surface area contributed by atoms with Crippen LogP contribution in [0.25, 0.3) is 11.2 Å². The second kappa shape index (κ2) is 8.07. The molecule has 1 aromatic carbocycles. The van der Waals surface area contributed by atoms with E-state index >= 15 is 0 Å². The number of hydrogen-bond donors (Lipinski definition) is 2. The molecule has 0 saturated carbocycles. The Labute approximate surface area is 182 Å². The fraction of sp³-hybridized carbons (Fsp3) is 0.316. The van der Waals surface area contributed by atoms with E-state index in [1.165, 1.54) is 46.8 Å². The molecule has 3 heterocycles. The Morgan fingerprint density at radius 1 is 1.22 bits per heavy atom. The molecule has 13 heteroatoms. The van der Waals surface area contributed by atoms with Crippen molar-refractivity contribution in [2.45, 2.75) is 24.3 Å². The summed E-state index contributed by atoms with van der Waals surface area (Å²) < 4.78 is 31.1. The van der Waals surface area contributed by atoms with Gasteiger partial charge in [0.1, 0.15) is 12.4 Å². The lowest BCUT2D eigenvalue weighted by Crippen LogP contribution is -2.42. The number of carbonyl (C=O) groups excluding carboxylic acids is 1. The van der Waals surface area contributed by atoms with Crippen molar-refractivity contribution < 1.29 is 13.2 Å². The SMILES string of the molecule is Cn1cnc2c1c(=O)n(CC(=O)Nc1cccc(S(=O)(=O)NC3=NCCC3)c1)c(=O)n2C. The standard InChI is InChI=1S/C19H21N7O5S/c1-24-11-21-17-16(24)18(28)26(19(29)25(17)2)10-15(27)22-12-5-3-6-13(9-12)32(30,31)23-14-7-4-8-20-14/h3,5-6,9,11H,4,7-8,10H2,1-2H3,(H,20,23)(H,22,27). The molecule has 0 aliphatic carbocycles. The molecule has 12 nitrogen and oxygen atoms in total. The van der Waals surface area contributed by atoms with Gasteiger partial charge in [-0.05, 0) is 24.6 Å². The van der Waals surface area contributed by atoms with E-state index in [0.29, 0.717) is 18.8 Å². The molecule has 0 bridgehead atoms. The van der Waals surface area contributed by atoms with Gasteiger partial charge in [0, 0.05) is 32.7 Å². The first kappa shape index (κ1) is 21.5. The smallest absolute Gasteiger partial charge is 0.328 e. The van der Waals surface area contributed by atoms with Crippen LogP contribution in [0.5, 0.6) is 0 Å². The van der Waals surface area contributed by atoms with E-state index in [-0.39, 0.29) is 21.7 Å². The number of nitrogens with zero attached hydrogens (tertiary/aromatic N) is 5. The second-order valence-electron chi connectivity index (χ2n) is 7.37. The molecule has 1 aliphatic rings. The van der Waals surface area contributed by atoms with Crippen molar-refractivity contribution in [1.82, 2.24) is 23.4 Å². The number of anilines is 1. The van der Waals surface area contributed by atoms with Gasteiger partial charge < -0.3 is 9.88 Å². The minimum absolute atomic E-state index is 0.0470. The predicted molar refractivity (Wildman–Crippen MR) is 117 cm³/mol. The number of carbonyl (C=O) groups is 1. The van der Waals surface area contributed by atoms with Crippen molar-refractivity contribution in [3.05, 3.63) is 51.4 Å². The lowest BCUT2D eigenvalue weighted by Gasteiger charge is -2.11. The van der Waals surface area contributed by atoms with Crippen LogP contribution in [0.2, 0.25) is 0 Å². The maximum atomic E-state index is 12.7. The van der Waals surface area contributed by atoms with Gasteiger partial charge in [0.05, 0.1) is 11.2 Å². The Morgan fingerprint density at radius 2 is 2.00 bits per heavy atom. The van der Waals surface area contributed by atoms with Crippen molar-refractivity contribution >= 4 is 38.6 Å². The summed E-state index contributed by atoms with van der Waals surface area (Å²) in [6.07, 6.45) is 2.75. The molecule has 0 saturated heterocycles. The zero-order chi connectivity index (χ0) is 23.0. The molecule has 0 fully saturated rings. The summed E-state index contributed by atoms with van der Waals surface area (Å²) in [7, 11) is -0.779. The quantitative estimate of drug-likeness (QED) is 0.527. The number of rotatable bonds is 5. The van der Waals surface area contributed by atoms with E-state index in [1.54, 1.807) is 7.05 Å². The van der Waals surface area contributed by atoms with Crippen LogP contribution in [0.15, 0.2) is 50.1 Å². The maximum Gasteiger partial charge on any atom is 0.332 e. The highest BCUT2D eigenvalue weighted by Crippen LogP contribution is 2.16. The fourth-order valence-corrected chi connectivity index (χ4v) is 4.59. The van der Waals surface area contributed by atoms with Gasteiger partial charge in [-0.15, -0.1) is 0 Å². The van der Waals surface area contributed by atoms with E-state index < -0.39 is 33.7 Å². The van der Waals surface area contributed by atoms with Gasteiger partial charge in [0.15, 0.2) is 11.2 Å². The average molecular weight is 459 g/mol. The van der Waals surface area contributed by atoms with Gasteiger partial charge in [-0.2, -0.15) is 0 Å². The van der Waals surface area contributed by atoms with Crippen molar-refractivity contribution in [2.24, 2.45) is 19.1 Å². The lowest BCUT2D eigenvalue weighted by molar-refractivity contribution is -0.116. The number of aryl methyl sites for hydroxylation is 2. The molecule has 1 aliphatic heterocycles. The summed E-state index contributed by atoms with van der Waals surface area (Å²) in [5, 5.41) is 2.54. The van der Waals surface area contributed by atoms with E-state index in [0.717, 1.165) is 11.0 Å². The number of benzene rings is 1. The topological polar surface area (TPSA) is 149 Å². The summed E-state index contributed by atoms with van der Waals surface area (Å²) in [6.45, 7) is 0.0378. The lowest BCUT2D eigenvalue weighted by atomic mass is 10.3. The monoisotopic (exact) mass is 459 g/mol. The minimum atomic E-state index is -3.85. The number of aromatic nitrogens is 4. The second-order valence-corrected chi connectivity index (χ2v) is 9.06. The third-order valence-electron chi connectivity index (χ3n) is 5.06. The molecule has 0 radical (unpaired) electrons. The molecule has 0 atom stereocenters. The molecular formula is C19H21N7O5S. The van der Waals surface area contributed by atoms with Crippen LogP contribution >= 0.6 is 0 Å². The molecule has 3 aromatic rings. The Kier molecular flexibility index (Phi) is 5.42. The fourth-order valence-electron chi connectivity index (χ4n) is 3.46. The third-order valence-corrected chi connectivity index (χ3v) is 6.44. The van der Waals surface area contributed by atoms with Crippen LogP contribution in [-0.4, -0.2) is 45.4 Å². The van der Waals surface area contributed by atoms with E-state index in [9.17, 15) is 22.8 Å². The van der Waals surface area contributed by atoms with Gasteiger partial charge >= 0.3 is 5.69 Å². The van der Waals surface area contributed by atoms with Crippen LogP contribution in [0.4, 0.5) is 5.69 Å². The number of hydrogen-bond acceptors (Lipinski definition) is 7. The number of amides is 1. The van der Waals surface area contributed by atoms with Crippen LogP contribution < -0.4 is 21.3 Å². The Balaban J connectivity index is 1.57. The molecule has 0 unspecified atom stereocenters. The van der Waals surface area contributed by atoms with Crippen molar-refractivity contribution in [3.63, 3.8) is 0 Å². The van der Waals surface area contributed by atoms with Gasteiger partial charge in [-0.3, -0.25) is 23.9 Å². The highest BCUT2D eigenvalue weighted by molar-refractivity contribution is 7.90. The zero-order valence-electron chi connectivity index (χ0n) is 17.4. The van der Waals surface area contributed by atoms with Crippen LogP contribution in [0.1, 0.15) is 12.8 Å². The van der Waals surface area contributed by atoms with Crippen molar-refractivity contribution in [3.8, 4) is 0 Å². The van der Waals surface area contributed by atoms with Crippen LogP contribution in [0, 0.1) is 0 Å². The number of nitrogens with one attached hydrogen (secondary N) is 2. The third kappa shape index (κ3) is 3.93. The molecule has 1 amide bonds. The Bertz CT molecular complexity index is 1480. The Morgan fingerprint density at radius 3 is 2.72 bits per heavy atom. The largest absolute Gasteiger partial charge is 0.332 e. The molecular weight excluding hydrogens is 438 g/mol. The molecule has 0 spiro atoms. The van der Waals surface area contributed by atoms with Gasteiger partial charge in [-0.25, -0.2) is 22.8 Å². The first-order valence-electron chi connectivity index (χ1n) is 9.74. The summed E-state index contributed by atoms with van der Waals surface area (Å²) >= 11 is 0. The summed E-state index contributed by atoms with van der Waals surface area (Å²) in [5.74, 6) is -0.256. The molecule has 4 rings (SSSR count). The van der Waals surface area contributed by atoms with Gasteiger partial charge in [0.25, 0.3) is 15.6 Å². The van der Waals surface area contributed by atoms with Gasteiger partial charge in [0.2, 0.25) is 5.91 Å². The summed E-state index contributed by atoms with van der Waals surface area (Å²) in [4.78, 5) is 45.9. The van der Waals surface area contributed by atoms with Gasteiger partial charge in [-0.1, -0.05) is 6.07 Å². The number of amidine groups is 1. The number of imidazole rings is 1. The average Bonchev–Trinajstić information content (AvgIpc) is 3.39. The van der Waals surface area contributed by atoms with E-state index in [4.69, 9.17) is 0 Å². The molecule has 2 N–H and O–H groups in total. The number of aliphatic imine (C=N–C) groups is 1. The van der Waals surface area contributed by atoms with E-state index in [1.807, 2.05) is 0 Å². The normalized spacial score (nSPS) is 13.9. The number of sulfonamides is 1. The maximum absolute atomic E-state index is 12.7. The minimum Gasteiger partial charge on any atom is -0.328 e. The van der Waals surface area contributed by atoms with Crippen LogP contribution in [-0.2, 0) is 35.5 Å². The zero-order valence-corrected chi connectivity index (χ0v) is 18.2. The highest BCUT2D eigenvalue weighted by Gasteiger charge is 2.20. The number of fused-ring (bicyclic) bond motifs is 1. The first-order valence-corrected chi connectivity index (χ1v) is 11.2. The van der Waals surface area contributed by atoms with Crippen molar-refractivity contribution in [1.29, 1.82) is 0 Å². The predicted octanol–water partition coefficient (Wildman–Crippen LogP) is -0.457. The first-order chi connectivity index (χ1) is 15.2. The summed E-state index contributed by atoms with van der Waals surface area (Å²) in [6, 6.07) is 5.67. The Hall–Kier alpha value is -3.74. The van der Waals surface area contributed by atoms with Crippen molar-refractivity contribution in [2.75, 3.05) is 11.9 Å². The summed E-state index contributed by atoms with van der Waals surface area (Å²) in [5.41, 5.74) is -0.714. The van der Waals surface area contributed by atoms with Crippen LogP contribution in [0.3, 0.4) is 0 Å². The molecule has 2 aromatic heterocycles. The highest BCUT2D eigenvalue weighted by atomic mass is 32.2. The molecule has 168 valence electrons.